The topological polar surface area (TPSA) is 50.3 Å². The molecule has 5 nitrogen and oxygen atoms in total. The van der Waals surface area contributed by atoms with E-state index in [0.29, 0.717) is 31.3 Å². The van der Waals surface area contributed by atoms with Crippen LogP contribution in [-0.4, -0.2) is 29.7 Å². The molecule has 1 aliphatic heterocycles. The van der Waals surface area contributed by atoms with Crippen LogP contribution in [0.25, 0.3) is 0 Å². The molecule has 2 heterocycles. The number of rotatable bonds is 5. The zero-order valence-corrected chi connectivity index (χ0v) is 14.9. The number of nitrogens with one attached hydrogen (secondary N) is 1. The fourth-order valence-corrected chi connectivity index (χ4v) is 3.24. The van der Waals surface area contributed by atoms with Crippen molar-refractivity contribution in [2.24, 2.45) is 0 Å². The highest BCUT2D eigenvalue weighted by atomic mass is 19.1. The van der Waals surface area contributed by atoms with E-state index < -0.39 is 0 Å². The fourth-order valence-electron chi connectivity index (χ4n) is 3.24. The van der Waals surface area contributed by atoms with Gasteiger partial charge in [-0.15, -0.1) is 0 Å². The minimum absolute atomic E-state index is 0.106. The van der Waals surface area contributed by atoms with E-state index in [1.165, 1.54) is 11.6 Å². The van der Waals surface area contributed by atoms with Gasteiger partial charge >= 0.3 is 0 Å². The van der Waals surface area contributed by atoms with E-state index in [2.05, 4.69) is 32.3 Å². The Kier molecular flexibility index (Phi) is 5.25. The van der Waals surface area contributed by atoms with Crippen LogP contribution in [0.15, 0.2) is 66.9 Å². The highest BCUT2D eigenvalue weighted by Crippen LogP contribution is 2.28. The van der Waals surface area contributed by atoms with Crippen molar-refractivity contribution in [1.29, 1.82) is 0 Å². The van der Waals surface area contributed by atoms with Crippen LogP contribution >= 0.6 is 0 Å². The summed E-state index contributed by atoms with van der Waals surface area (Å²) in [4.78, 5) is 11.1. The summed E-state index contributed by atoms with van der Waals surface area (Å²) in [6.07, 6.45) is 1.73. The average molecular weight is 364 g/mol. The van der Waals surface area contributed by atoms with Crippen molar-refractivity contribution in [1.82, 2.24) is 9.97 Å². The molecule has 138 valence electrons. The van der Waals surface area contributed by atoms with Crippen molar-refractivity contribution in [3.8, 4) is 0 Å². The van der Waals surface area contributed by atoms with E-state index in [1.54, 1.807) is 18.3 Å². The van der Waals surface area contributed by atoms with Crippen LogP contribution < -0.4 is 10.2 Å². The van der Waals surface area contributed by atoms with E-state index in [0.717, 1.165) is 12.4 Å². The first-order valence-corrected chi connectivity index (χ1v) is 9.01. The van der Waals surface area contributed by atoms with Crippen LogP contribution in [0, 0.1) is 5.82 Å². The van der Waals surface area contributed by atoms with Gasteiger partial charge in [0.2, 0.25) is 5.95 Å². The molecule has 0 amide bonds. The minimum atomic E-state index is -0.238. The Morgan fingerprint density at radius 2 is 1.89 bits per heavy atom. The second-order valence-corrected chi connectivity index (χ2v) is 6.38. The summed E-state index contributed by atoms with van der Waals surface area (Å²) in [7, 11) is 0. The molecular formula is C21H21FN4O. The zero-order valence-electron chi connectivity index (χ0n) is 14.9. The summed E-state index contributed by atoms with van der Waals surface area (Å²) in [6.45, 7) is 2.36. The van der Waals surface area contributed by atoms with Gasteiger partial charge in [-0.3, -0.25) is 0 Å². The highest BCUT2D eigenvalue weighted by molar-refractivity contribution is 5.46. The molecule has 1 atom stereocenters. The number of aromatic nitrogens is 2. The van der Waals surface area contributed by atoms with Crippen LogP contribution in [-0.2, 0) is 11.3 Å². The summed E-state index contributed by atoms with van der Waals surface area (Å²) < 4.78 is 19.5. The van der Waals surface area contributed by atoms with Gasteiger partial charge in [0.15, 0.2) is 0 Å². The third-order valence-corrected chi connectivity index (χ3v) is 4.64. The van der Waals surface area contributed by atoms with Gasteiger partial charge in [0, 0.05) is 24.8 Å². The number of hydrogen-bond donors (Lipinski definition) is 1. The lowest BCUT2D eigenvalue weighted by atomic mass is 10.1. The molecule has 0 radical (unpaired) electrons. The lowest BCUT2D eigenvalue weighted by molar-refractivity contribution is 0.0937. The van der Waals surface area contributed by atoms with Gasteiger partial charge in [0.1, 0.15) is 11.6 Å². The molecule has 4 rings (SSSR count). The normalized spacial score (nSPS) is 16.9. The van der Waals surface area contributed by atoms with Crippen LogP contribution in [0.2, 0.25) is 0 Å². The maximum Gasteiger partial charge on any atom is 0.224 e. The Bertz CT molecular complexity index is 890. The molecule has 3 aromatic rings. The monoisotopic (exact) mass is 364 g/mol. The maximum absolute atomic E-state index is 13.8. The van der Waals surface area contributed by atoms with E-state index in [-0.39, 0.29) is 11.9 Å². The quantitative estimate of drug-likeness (QED) is 0.746. The Labute approximate surface area is 157 Å². The lowest BCUT2D eigenvalue weighted by Gasteiger charge is -2.36. The van der Waals surface area contributed by atoms with Gasteiger partial charge in [0.25, 0.3) is 0 Å². The van der Waals surface area contributed by atoms with E-state index in [1.807, 2.05) is 30.3 Å². The second-order valence-electron chi connectivity index (χ2n) is 6.38. The van der Waals surface area contributed by atoms with E-state index in [4.69, 9.17) is 4.74 Å². The summed E-state index contributed by atoms with van der Waals surface area (Å²) >= 11 is 0. The number of hydrogen-bond acceptors (Lipinski definition) is 5. The number of halogens is 1. The van der Waals surface area contributed by atoms with Crippen LogP contribution in [0.3, 0.4) is 0 Å². The summed E-state index contributed by atoms with van der Waals surface area (Å²) in [5.41, 5.74) is 1.77. The highest BCUT2D eigenvalue weighted by Gasteiger charge is 2.25. The predicted octanol–water partition coefficient (Wildman–Crippen LogP) is 3.81. The first kappa shape index (κ1) is 17.4. The third-order valence-electron chi connectivity index (χ3n) is 4.64. The molecule has 0 saturated carbocycles. The van der Waals surface area contributed by atoms with Crippen molar-refractivity contribution < 1.29 is 9.13 Å². The standard InChI is InChI=1S/C21H21FN4O/c22-18-9-5-4-8-17(18)14-24-21-23-11-10-20(25-21)26-12-13-27-15-19(26)16-6-2-1-3-7-16/h1-11,19H,12-15H2,(H,23,24,25). The van der Waals surface area contributed by atoms with E-state index in [9.17, 15) is 4.39 Å². The van der Waals surface area contributed by atoms with Gasteiger partial charge in [-0.1, -0.05) is 48.5 Å². The molecule has 0 aliphatic carbocycles. The molecule has 1 aliphatic rings. The van der Waals surface area contributed by atoms with Crippen molar-refractivity contribution >= 4 is 11.8 Å². The van der Waals surface area contributed by atoms with Crippen LogP contribution in [0.4, 0.5) is 16.2 Å². The third kappa shape index (κ3) is 4.06. The Balaban J connectivity index is 1.53. The van der Waals surface area contributed by atoms with Crippen molar-refractivity contribution in [3.63, 3.8) is 0 Å². The Hall–Kier alpha value is -2.99. The van der Waals surface area contributed by atoms with Gasteiger partial charge in [-0.25, -0.2) is 9.37 Å². The SMILES string of the molecule is Fc1ccccc1CNc1nccc(N2CCOCC2c2ccccc2)n1. The number of ether oxygens (including phenoxy) is 1. The lowest BCUT2D eigenvalue weighted by Crippen LogP contribution is -2.40. The molecule has 0 spiro atoms. The van der Waals surface area contributed by atoms with Crippen LogP contribution in [0.5, 0.6) is 0 Å². The maximum atomic E-state index is 13.8. The van der Waals surface area contributed by atoms with Crippen LogP contribution in [0.1, 0.15) is 17.2 Å². The van der Waals surface area contributed by atoms with Gasteiger partial charge < -0.3 is 15.0 Å². The molecule has 2 aromatic carbocycles. The number of nitrogens with zero attached hydrogens (tertiary/aromatic N) is 3. The number of anilines is 2. The van der Waals surface area contributed by atoms with Gasteiger partial charge in [-0.2, -0.15) is 4.98 Å². The smallest absolute Gasteiger partial charge is 0.224 e. The van der Waals surface area contributed by atoms with Crippen molar-refractivity contribution in [2.45, 2.75) is 12.6 Å². The molecule has 1 unspecified atom stereocenters. The number of morpholine rings is 1. The molecular weight excluding hydrogens is 343 g/mol. The molecule has 1 N–H and O–H groups in total. The number of benzene rings is 2. The minimum Gasteiger partial charge on any atom is -0.377 e. The van der Waals surface area contributed by atoms with E-state index >= 15 is 0 Å². The first-order valence-electron chi connectivity index (χ1n) is 9.01. The van der Waals surface area contributed by atoms with Crippen molar-refractivity contribution in [2.75, 3.05) is 30.0 Å². The molecule has 1 aromatic heterocycles. The second kappa shape index (κ2) is 8.14. The first-order chi connectivity index (χ1) is 13.3. The molecule has 0 bridgehead atoms. The molecule has 27 heavy (non-hydrogen) atoms. The predicted molar refractivity (Wildman–Crippen MR) is 103 cm³/mol. The fraction of sp³-hybridized carbons (Fsp3) is 0.238. The van der Waals surface area contributed by atoms with Gasteiger partial charge in [0.05, 0.1) is 19.3 Å². The Morgan fingerprint density at radius 3 is 2.74 bits per heavy atom. The molecule has 1 saturated heterocycles. The average Bonchev–Trinajstić information content (AvgIpc) is 2.74. The summed E-state index contributed by atoms with van der Waals surface area (Å²) in [5.74, 6) is 1.07. The largest absolute Gasteiger partial charge is 0.377 e. The summed E-state index contributed by atoms with van der Waals surface area (Å²) in [6, 6.07) is 19.0. The Morgan fingerprint density at radius 1 is 1.07 bits per heavy atom. The molecule has 1 fully saturated rings. The molecule has 6 heteroatoms. The van der Waals surface area contributed by atoms with Gasteiger partial charge in [-0.05, 0) is 17.7 Å². The van der Waals surface area contributed by atoms with Crippen molar-refractivity contribution in [3.05, 3.63) is 83.8 Å². The summed E-state index contributed by atoms with van der Waals surface area (Å²) in [5, 5.41) is 3.12. The zero-order chi connectivity index (χ0) is 18.5.